The minimum Gasteiger partial charge on any atom is -0.508 e. The van der Waals surface area contributed by atoms with Gasteiger partial charge < -0.3 is 14.7 Å². The molecule has 4 rings (SSSR count). The highest BCUT2D eigenvalue weighted by Crippen LogP contribution is 2.40. The molecule has 0 aromatic heterocycles. The highest BCUT2D eigenvalue weighted by Gasteiger charge is 2.28. The van der Waals surface area contributed by atoms with Crippen molar-refractivity contribution in [1.82, 2.24) is 4.90 Å². The van der Waals surface area contributed by atoms with Crippen molar-refractivity contribution in [1.29, 1.82) is 0 Å². The second kappa shape index (κ2) is 9.65. The lowest BCUT2D eigenvalue weighted by Crippen LogP contribution is -2.21. The predicted octanol–water partition coefficient (Wildman–Crippen LogP) is 6.06. The number of rotatable bonds is 3. The van der Waals surface area contributed by atoms with E-state index in [1.165, 1.54) is 35.4 Å². The number of phenols is 1. The molecule has 30 heavy (non-hydrogen) atoms. The zero-order valence-electron chi connectivity index (χ0n) is 18.4. The van der Waals surface area contributed by atoms with Crippen LogP contribution in [0.25, 0.3) is 5.70 Å². The fourth-order valence-electron chi connectivity index (χ4n) is 4.93. The number of hydrogen-bond acceptors (Lipinski definition) is 4. The summed E-state index contributed by atoms with van der Waals surface area (Å²) in [6.07, 6.45) is 12.9. The quantitative estimate of drug-likeness (QED) is 0.664. The minimum absolute atomic E-state index is 0.294. The maximum Gasteiger partial charge on any atom is 0.116 e. The standard InChI is InChI=1S/C26H34N2O2/c1-3-19-18-24(20-9-5-7-15-30-16-13-20)27-25(21-10-8-11-22(29)17-21)23-12-4-6-14-28(2)26(19)23/h6,8,10-11,14,17,20,29H,3-5,7,9,12-13,15-16,18H2,1-2H3. The molecule has 4 nitrogen and oxygen atoms in total. The molecule has 0 spiro atoms. The van der Waals surface area contributed by atoms with Gasteiger partial charge in [-0.3, -0.25) is 4.99 Å². The van der Waals surface area contributed by atoms with Crippen LogP contribution in [0.2, 0.25) is 0 Å². The first-order chi connectivity index (χ1) is 14.7. The number of nitrogens with zero attached hydrogens (tertiary/aromatic N) is 2. The molecule has 3 aliphatic heterocycles. The summed E-state index contributed by atoms with van der Waals surface area (Å²) in [5, 5.41) is 10.2. The molecular formula is C26H34N2O2. The Labute approximate surface area is 180 Å². The van der Waals surface area contributed by atoms with E-state index in [1.54, 1.807) is 6.07 Å². The monoisotopic (exact) mass is 406 g/mol. The summed E-state index contributed by atoms with van der Waals surface area (Å²) in [5.41, 5.74) is 7.44. The third kappa shape index (κ3) is 4.54. The highest BCUT2D eigenvalue weighted by atomic mass is 16.5. The molecule has 3 heterocycles. The van der Waals surface area contributed by atoms with Gasteiger partial charge in [-0.25, -0.2) is 0 Å². The Morgan fingerprint density at radius 3 is 2.93 bits per heavy atom. The summed E-state index contributed by atoms with van der Waals surface area (Å²) in [5.74, 6) is 0.755. The van der Waals surface area contributed by atoms with Crippen molar-refractivity contribution in [3.63, 3.8) is 0 Å². The van der Waals surface area contributed by atoms with Crippen molar-refractivity contribution in [3.05, 3.63) is 58.9 Å². The molecular weight excluding hydrogens is 372 g/mol. The van der Waals surface area contributed by atoms with E-state index in [4.69, 9.17) is 9.73 Å². The molecule has 0 radical (unpaired) electrons. The van der Waals surface area contributed by atoms with E-state index in [0.29, 0.717) is 11.7 Å². The van der Waals surface area contributed by atoms with Gasteiger partial charge in [-0.2, -0.15) is 0 Å². The lowest BCUT2D eigenvalue weighted by molar-refractivity contribution is 0.109. The van der Waals surface area contributed by atoms with Gasteiger partial charge in [0.15, 0.2) is 0 Å². The van der Waals surface area contributed by atoms with E-state index < -0.39 is 0 Å². The zero-order chi connectivity index (χ0) is 20.9. The average Bonchev–Trinajstić information content (AvgIpc) is 3.00. The normalized spacial score (nSPS) is 23.3. The Balaban J connectivity index is 1.87. The molecule has 160 valence electrons. The van der Waals surface area contributed by atoms with Crippen molar-refractivity contribution in [2.75, 3.05) is 20.3 Å². The number of hydrogen-bond donors (Lipinski definition) is 1. The van der Waals surface area contributed by atoms with Crippen molar-refractivity contribution >= 4 is 11.4 Å². The molecule has 0 amide bonds. The molecule has 1 unspecified atom stereocenters. The van der Waals surface area contributed by atoms with Crippen molar-refractivity contribution in [2.24, 2.45) is 10.9 Å². The van der Waals surface area contributed by atoms with Crippen molar-refractivity contribution in [3.8, 4) is 5.75 Å². The highest BCUT2D eigenvalue weighted by molar-refractivity contribution is 5.96. The number of likely N-dealkylation sites (N-methyl/N-ethyl adjacent to an activating group) is 1. The lowest BCUT2D eigenvalue weighted by atomic mass is 9.88. The van der Waals surface area contributed by atoms with Crippen LogP contribution in [0.3, 0.4) is 0 Å². The second-order valence-electron chi connectivity index (χ2n) is 8.59. The molecule has 0 aliphatic carbocycles. The number of ether oxygens (including phenoxy) is 1. The van der Waals surface area contributed by atoms with E-state index in [1.807, 2.05) is 12.1 Å². The van der Waals surface area contributed by atoms with Gasteiger partial charge in [-0.15, -0.1) is 0 Å². The van der Waals surface area contributed by atoms with E-state index in [9.17, 15) is 5.11 Å². The zero-order valence-corrected chi connectivity index (χ0v) is 18.4. The van der Waals surface area contributed by atoms with Crippen molar-refractivity contribution in [2.45, 2.75) is 58.3 Å². The largest absolute Gasteiger partial charge is 0.508 e. The van der Waals surface area contributed by atoms with Gasteiger partial charge in [-0.1, -0.05) is 31.6 Å². The Morgan fingerprint density at radius 1 is 1.20 bits per heavy atom. The number of benzene rings is 1. The first-order valence-corrected chi connectivity index (χ1v) is 11.5. The summed E-state index contributed by atoms with van der Waals surface area (Å²) in [6, 6.07) is 7.59. The van der Waals surface area contributed by atoms with Gasteiger partial charge in [0.25, 0.3) is 0 Å². The first-order valence-electron chi connectivity index (χ1n) is 11.5. The molecule has 1 aromatic rings. The maximum atomic E-state index is 10.2. The van der Waals surface area contributed by atoms with Crippen LogP contribution in [-0.2, 0) is 4.74 Å². The Hall–Kier alpha value is -2.33. The third-order valence-electron chi connectivity index (χ3n) is 6.52. The topological polar surface area (TPSA) is 45.1 Å². The Bertz CT molecular complexity index is 886. The third-order valence-corrected chi connectivity index (χ3v) is 6.52. The lowest BCUT2D eigenvalue weighted by Gasteiger charge is -2.24. The summed E-state index contributed by atoms with van der Waals surface area (Å²) in [6.45, 7) is 3.97. The average molecular weight is 407 g/mol. The molecule has 3 aliphatic rings. The van der Waals surface area contributed by atoms with Gasteiger partial charge in [-0.05, 0) is 68.3 Å². The molecule has 0 saturated carbocycles. The molecule has 0 bridgehead atoms. The smallest absolute Gasteiger partial charge is 0.116 e. The number of allylic oxidation sites excluding steroid dienone is 3. The van der Waals surface area contributed by atoms with Crippen LogP contribution in [-0.4, -0.2) is 36.0 Å². The van der Waals surface area contributed by atoms with E-state index in [0.717, 1.165) is 63.0 Å². The van der Waals surface area contributed by atoms with Crippen LogP contribution < -0.4 is 0 Å². The predicted molar refractivity (Wildman–Crippen MR) is 123 cm³/mol. The van der Waals surface area contributed by atoms with Gasteiger partial charge in [0.05, 0.1) is 5.70 Å². The Kier molecular flexibility index (Phi) is 6.73. The summed E-state index contributed by atoms with van der Waals surface area (Å²) < 4.78 is 5.81. The molecule has 4 heteroatoms. The SMILES string of the molecule is CCC1=C2C(=C(c3cccc(O)c3)N=C(C3CCCCOCC3)C1)CCC=CN2C. The van der Waals surface area contributed by atoms with Crippen LogP contribution in [0, 0.1) is 5.92 Å². The van der Waals surface area contributed by atoms with Gasteiger partial charge in [0.1, 0.15) is 5.75 Å². The summed E-state index contributed by atoms with van der Waals surface area (Å²) >= 11 is 0. The second-order valence-corrected chi connectivity index (χ2v) is 8.59. The number of phenolic OH excluding ortho intramolecular Hbond substituents is 1. The van der Waals surface area contributed by atoms with Crippen LogP contribution in [0.4, 0.5) is 0 Å². The Morgan fingerprint density at radius 2 is 2.10 bits per heavy atom. The minimum atomic E-state index is 0.294. The van der Waals surface area contributed by atoms with E-state index in [2.05, 4.69) is 37.2 Å². The number of fused-ring (bicyclic) bond motifs is 1. The molecule has 1 saturated heterocycles. The number of aromatic hydroxyl groups is 1. The van der Waals surface area contributed by atoms with Gasteiger partial charge in [0, 0.05) is 49.2 Å². The first kappa shape index (κ1) is 20.9. The summed E-state index contributed by atoms with van der Waals surface area (Å²) in [4.78, 5) is 7.66. The van der Waals surface area contributed by atoms with Crippen LogP contribution in [0.5, 0.6) is 5.75 Å². The summed E-state index contributed by atoms with van der Waals surface area (Å²) in [7, 11) is 2.15. The molecule has 1 atom stereocenters. The fraction of sp³-hybridized carbons (Fsp3) is 0.500. The molecule has 1 N–H and O–H groups in total. The van der Waals surface area contributed by atoms with Crippen LogP contribution in [0.1, 0.15) is 63.9 Å². The van der Waals surface area contributed by atoms with Crippen LogP contribution in [0.15, 0.2) is 58.4 Å². The van der Waals surface area contributed by atoms with E-state index >= 15 is 0 Å². The fourth-order valence-corrected chi connectivity index (χ4v) is 4.93. The van der Waals surface area contributed by atoms with E-state index in [-0.39, 0.29) is 0 Å². The van der Waals surface area contributed by atoms with Gasteiger partial charge >= 0.3 is 0 Å². The molecule has 1 aromatic carbocycles. The molecule has 1 fully saturated rings. The maximum absolute atomic E-state index is 10.2. The van der Waals surface area contributed by atoms with Crippen LogP contribution >= 0.6 is 0 Å². The van der Waals surface area contributed by atoms with Gasteiger partial charge in [0.2, 0.25) is 0 Å². The number of aliphatic imine (C=N–C) groups is 1. The van der Waals surface area contributed by atoms with Crippen molar-refractivity contribution < 1.29 is 9.84 Å².